The Morgan fingerprint density at radius 2 is 1.86 bits per heavy atom. The van der Waals surface area contributed by atoms with Gasteiger partial charge in [0.1, 0.15) is 12.4 Å². The van der Waals surface area contributed by atoms with Crippen molar-refractivity contribution in [3.8, 4) is 11.8 Å². The topological polar surface area (TPSA) is 114 Å². The van der Waals surface area contributed by atoms with Crippen LogP contribution in [0.1, 0.15) is 22.3 Å². The van der Waals surface area contributed by atoms with E-state index in [1.807, 2.05) is 0 Å². The van der Waals surface area contributed by atoms with Crippen LogP contribution in [-0.4, -0.2) is 21.0 Å². The number of benzene rings is 3. The van der Waals surface area contributed by atoms with E-state index in [0.29, 0.717) is 26.9 Å². The van der Waals surface area contributed by atoms with Crippen molar-refractivity contribution in [3.63, 3.8) is 0 Å². The molecule has 3 aromatic carbocycles. The molecular formula is C25H16BrN3O5S. The number of non-ortho nitro benzene ring substituents is 1. The molecule has 1 aliphatic rings. The zero-order valence-corrected chi connectivity index (χ0v) is 20.4. The minimum atomic E-state index is -0.458. The first kappa shape index (κ1) is 24.2. The number of hydrogen-bond acceptors (Lipinski definition) is 7. The number of halogens is 1. The minimum absolute atomic E-state index is 0.0120. The number of nitro benzene ring substituents is 1. The highest BCUT2D eigenvalue weighted by Gasteiger charge is 2.35. The van der Waals surface area contributed by atoms with Crippen LogP contribution in [0.3, 0.4) is 0 Å². The Balaban J connectivity index is 1.44. The number of hydrogen-bond donors (Lipinski definition) is 0. The first-order valence-electron chi connectivity index (χ1n) is 10.2. The Labute approximate surface area is 213 Å². The van der Waals surface area contributed by atoms with Gasteiger partial charge in [-0.1, -0.05) is 24.3 Å². The third-order valence-electron chi connectivity index (χ3n) is 5.14. The van der Waals surface area contributed by atoms with Crippen molar-refractivity contribution < 1.29 is 19.2 Å². The molecule has 3 aromatic rings. The molecule has 0 bridgehead atoms. The molecule has 8 nitrogen and oxygen atoms in total. The zero-order chi connectivity index (χ0) is 24.9. The summed E-state index contributed by atoms with van der Waals surface area (Å²) in [6, 6.07) is 20.3. The summed E-state index contributed by atoms with van der Waals surface area (Å²) in [5.41, 5.74) is 2.51. The number of carbonyl (C=O) groups excluding carboxylic acids is 2. The van der Waals surface area contributed by atoms with E-state index in [-0.39, 0.29) is 23.7 Å². The average molecular weight is 550 g/mol. The van der Waals surface area contributed by atoms with Crippen molar-refractivity contribution in [2.24, 2.45) is 0 Å². The van der Waals surface area contributed by atoms with Crippen molar-refractivity contribution >= 4 is 50.6 Å². The van der Waals surface area contributed by atoms with Crippen molar-refractivity contribution in [1.29, 1.82) is 5.26 Å². The van der Waals surface area contributed by atoms with E-state index in [4.69, 9.17) is 4.74 Å². The molecule has 1 aliphatic heterocycles. The number of nitrogens with zero attached hydrogens (tertiary/aromatic N) is 3. The lowest BCUT2D eigenvalue weighted by Gasteiger charge is -2.13. The lowest BCUT2D eigenvalue weighted by Crippen LogP contribution is -2.27. The molecule has 2 amide bonds. The van der Waals surface area contributed by atoms with E-state index < -0.39 is 16.1 Å². The molecule has 0 N–H and O–H groups in total. The number of thioether (sulfide) groups is 1. The Morgan fingerprint density at radius 1 is 1.11 bits per heavy atom. The van der Waals surface area contributed by atoms with Gasteiger partial charge in [0.25, 0.3) is 16.8 Å². The van der Waals surface area contributed by atoms with Crippen LogP contribution < -0.4 is 4.74 Å². The molecule has 0 radical (unpaired) electrons. The summed E-state index contributed by atoms with van der Waals surface area (Å²) < 4.78 is 6.44. The fourth-order valence-corrected chi connectivity index (χ4v) is 4.67. The van der Waals surface area contributed by atoms with Gasteiger partial charge in [0, 0.05) is 12.1 Å². The lowest BCUT2D eigenvalue weighted by molar-refractivity contribution is -0.384. The summed E-state index contributed by atoms with van der Waals surface area (Å²) >= 11 is 4.31. The molecule has 0 atom stereocenters. The Morgan fingerprint density at radius 3 is 2.54 bits per heavy atom. The summed E-state index contributed by atoms with van der Waals surface area (Å²) in [4.78, 5) is 37.0. The zero-order valence-electron chi connectivity index (χ0n) is 18.0. The fraction of sp³-hybridized carbons (Fsp3) is 0.0800. The van der Waals surface area contributed by atoms with Crippen molar-refractivity contribution in [2.45, 2.75) is 13.2 Å². The maximum Gasteiger partial charge on any atom is 0.293 e. The molecular weight excluding hydrogens is 534 g/mol. The predicted octanol–water partition coefficient (Wildman–Crippen LogP) is 6.04. The van der Waals surface area contributed by atoms with E-state index in [1.54, 1.807) is 60.7 Å². The van der Waals surface area contributed by atoms with Crippen molar-refractivity contribution in [1.82, 2.24) is 4.90 Å². The number of nitro groups is 1. The molecule has 0 aromatic heterocycles. The van der Waals surface area contributed by atoms with E-state index >= 15 is 0 Å². The van der Waals surface area contributed by atoms with Crippen LogP contribution in [-0.2, 0) is 17.9 Å². The summed E-state index contributed by atoms with van der Waals surface area (Å²) in [7, 11) is 0. The fourth-order valence-electron chi connectivity index (χ4n) is 3.32. The van der Waals surface area contributed by atoms with Gasteiger partial charge in [-0.3, -0.25) is 24.6 Å². The van der Waals surface area contributed by atoms with Gasteiger partial charge in [0.15, 0.2) is 0 Å². The van der Waals surface area contributed by atoms with Gasteiger partial charge in [0.2, 0.25) is 0 Å². The number of ether oxygens (including phenoxy) is 1. The third-order valence-corrected chi connectivity index (χ3v) is 6.66. The standard InChI is InChI=1S/C25H16BrN3O5S/c26-21-11-17(7-10-22(21)34-15-16-5-8-20(9-6-16)29(32)33)12-23-24(30)28(25(31)35-23)14-19-4-2-1-3-18(19)13-27/h1-12H,14-15H2/b23-12+. The first-order chi connectivity index (χ1) is 16.9. The van der Waals surface area contributed by atoms with E-state index in [1.165, 1.54) is 12.1 Å². The van der Waals surface area contributed by atoms with Crippen LogP contribution in [0.4, 0.5) is 10.5 Å². The Hall–Kier alpha value is -3.94. The molecule has 4 rings (SSSR count). The van der Waals surface area contributed by atoms with Crippen LogP contribution in [0.15, 0.2) is 76.1 Å². The van der Waals surface area contributed by atoms with Crippen LogP contribution in [0.25, 0.3) is 6.08 Å². The summed E-state index contributed by atoms with van der Waals surface area (Å²) in [5.74, 6) is 0.143. The number of nitriles is 1. The quantitative estimate of drug-likeness (QED) is 0.200. The number of rotatable bonds is 7. The molecule has 174 valence electrons. The van der Waals surface area contributed by atoms with Crippen molar-refractivity contribution in [2.75, 3.05) is 0 Å². The second-order valence-electron chi connectivity index (χ2n) is 7.44. The lowest BCUT2D eigenvalue weighted by atomic mass is 10.1. The van der Waals surface area contributed by atoms with Crippen LogP contribution >= 0.6 is 27.7 Å². The molecule has 1 saturated heterocycles. The van der Waals surface area contributed by atoms with Gasteiger partial charge >= 0.3 is 0 Å². The maximum absolute atomic E-state index is 12.9. The molecule has 0 saturated carbocycles. The van der Waals surface area contributed by atoms with Gasteiger partial charge < -0.3 is 4.74 Å². The van der Waals surface area contributed by atoms with Gasteiger partial charge in [0.05, 0.1) is 32.5 Å². The summed E-state index contributed by atoms with van der Waals surface area (Å²) in [6.45, 7) is 0.254. The van der Waals surface area contributed by atoms with Crippen LogP contribution in [0, 0.1) is 21.4 Å². The maximum atomic E-state index is 12.9. The van der Waals surface area contributed by atoms with E-state index in [2.05, 4.69) is 22.0 Å². The van der Waals surface area contributed by atoms with Crippen LogP contribution in [0.5, 0.6) is 5.75 Å². The van der Waals surface area contributed by atoms with Crippen molar-refractivity contribution in [3.05, 3.63) is 108 Å². The first-order valence-corrected chi connectivity index (χ1v) is 11.9. The Bertz CT molecular complexity index is 1400. The second-order valence-corrected chi connectivity index (χ2v) is 9.29. The molecule has 35 heavy (non-hydrogen) atoms. The predicted molar refractivity (Wildman–Crippen MR) is 134 cm³/mol. The normalized spacial score (nSPS) is 14.3. The molecule has 0 spiro atoms. The van der Waals surface area contributed by atoms with Crippen LogP contribution in [0.2, 0.25) is 0 Å². The highest BCUT2D eigenvalue weighted by Crippen LogP contribution is 2.35. The largest absolute Gasteiger partial charge is 0.488 e. The molecule has 1 heterocycles. The smallest absolute Gasteiger partial charge is 0.293 e. The average Bonchev–Trinajstić information content (AvgIpc) is 3.11. The van der Waals surface area contributed by atoms with Gasteiger partial charge in [-0.05, 0) is 80.8 Å². The molecule has 1 fully saturated rings. The highest BCUT2D eigenvalue weighted by atomic mass is 79.9. The number of amides is 2. The number of carbonyl (C=O) groups is 2. The van der Waals surface area contributed by atoms with E-state index in [0.717, 1.165) is 22.2 Å². The summed E-state index contributed by atoms with van der Waals surface area (Å²) in [6.07, 6.45) is 1.63. The SMILES string of the molecule is N#Cc1ccccc1CN1C(=O)S/C(=C/c2ccc(OCc3ccc([N+](=O)[O-])cc3)c(Br)c2)C1=O. The van der Waals surface area contributed by atoms with Gasteiger partial charge in [-0.25, -0.2) is 0 Å². The molecule has 0 aliphatic carbocycles. The second kappa shape index (κ2) is 10.5. The minimum Gasteiger partial charge on any atom is -0.488 e. The number of imide groups is 1. The molecule has 10 heteroatoms. The van der Waals surface area contributed by atoms with Gasteiger partial charge in [-0.2, -0.15) is 5.26 Å². The van der Waals surface area contributed by atoms with E-state index in [9.17, 15) is 25.0 Å². The third kappa shape index (κ3) is 5.59. The van der Waals surface area contributed by atoms with Gasteiger partial charge in [-0.15, -0.1) is 0 Å². The monoisotopic (exact) mass is 549 g/mol. The summed E-state index contributed by atoms with van der Waals surface area (Å²) in [5, 5.41) is 19.6. The Kier molecular flexibility index (Phi) is 7.29. The molecule has 0 unspecified atom stereocenters. The highest BCUT2D eigenvalue weighted by molar-refractivity contribution is 9.10.